The summed E-state index contributed by atoms with van der Waals surface area (Å²) in [4.78, 5) is 0. The number of halogens is 2. The van der Waals surface area contributed by atoms with Gasteiger partial charge in [0.1, 0.15) is 5.82 Å². The molecule has 2 rings (SSSR count). The fourth-order valence-electron chi connectivity index (χ4n) is 2.17. The summed E-state index contributed by atoms with van der Waals surface area (Å²) in [7, 11) is 0. The molecule has 0 saturated heterocycles. The molecule has 0 aliphatic carbocycles. The summed E-state index contributed by atoms with van der Waals surface area (Å²) in [6, 6.07) is 13.7. The van der Waals surface area contributed by atoms with Crippen molar-refractivity contribution in [2.24, 2.45) is 0 Å². The second-order valence-electron chi connectivity index (χ2n) is 4.97. The van der Waals surface area contributed by atoms with Crippen LogP contribution in [0, 0.1) is 12.7 Å². The Morgan fingerprint density at radius 2 is 1.75 bits per heavy atom. The predicted octanol–water partition coefficient (Wildman–Crippen LogP) is 4.99. The van der Waals surface area contributed by atoms with Crippen molar-refractivity contribution >= 4 is 15.9 Å². The molecule has 2 aromatic rings. The van der Waals surface area contributed by atoms with Crippen LogP contribution in [-0.4, -0.2) is 6.54 Å². The molecule has 20 heavy (non-hydrogen) atoms. The van der Waals surface area contributed by atoms with Crippen LogP contribution >= 0.6 is 15.9 Å². The quantitative estimate of drug-likeness (QED) is 0.811. The molecular weight excluding hydrogens is 317 g/mol. The minimum atomic E-state index is -0.224. The van der Waals surface area contributed by atoms with Crippen LogP contribution in [0.2, 0.25) is 0 Å². The van der Waals surface area contributed by atoms with Crippen molar-refractivity contribution in [2.75, 3.05) is 6.54 Å². The molecule has 0 amide bonds. The van der Waals surface area contributed by atoms with Crippen LogP contribution in [-0.2, 0) is 0 Å². The summed E-state index contributed by atoms with van der Waals surface area (Å²) in [5, 5.41) is 3.49. The van der Waals surface area contributed by atoms with E-state index in [9.17, 15) is 4.39 Å². The van der Waals surface area contributed by atoms with Crippen LogP contribution in [0.1, 0.15) is 36.1 Å². The molecule has 1 nitrogen and oxygen atoms in total. The zero-order chi connectivity index (χ0) is 14.5. The van der Waals surface area contributed by atoms with Gasteiger partial charge in [0.2, 0.25) is 0 Å². The van der Waals surface area contributed by atoms with Crippen LogP contribution < -0.4 is 5.32 Å². The van der Waals surface area contributed by atoms with Gasteiger partial charge in [0.15, 0.2) is 0 Å². The van der Waals surface area contributed by atoms with Gasteiger partial charge in [-0.3, -0.25) is 0 Å². The molecule has 0 bridgehead atoms. The molecule has 0 aliphatic rings. The van der Waals surface area contributed by atoms with Crippen LogP contribution in [0.15, 0.2) is 46.9 Å². The molecule has 0 aromatic heterocycles. The van der Waals surface area contributed by atoms with Crippen LogP contribution in [0.5, 0.6) is 0 Å². The first-order valence-corrected chi connectivity index (χ1v) is 7.66. The minimum absolute atomic E-state index is 0.0261. The topological polar surface area (TPSA) is 12.0 Å². The predicted molar refractivity (Wildman–Crippen MR) is 85.4 cm³/mol. The van der Waals surface area contributed by atoms with Crippen molar-refractivity contribution < 1.29 is 4.39 Å². The van der Waals surface area contributed by atoms with E-state index in [4.69, 9.17) is 0 Å². The average Bonchev–Trinajstić information content (AvgIpc) is 2.45. The molecule has 3 heteroatoms. The van der Waals surface area contributed by atoms with Crippen molar-refractivity contribution in [1.82, 2.24) is 5.32 Å². The zero-order valence-electron chi connectivity index (χ0n) is 11.8. The molecule has 1 unspecified atom stereocenters. The largest absolute Gasteiger partial charge is 0.306 e. The monoisotopic (exact) mass is 335 g/mol. The lowest BCUT2D eigenvalue weighted by Gasteiger charge is -2.20. The third-order valence-electron chi connectivity index (χ3n) is 3.29. The third kappa shape index (κ3) is 3.68. The SMILES string of the molecule is CCCNC(c1ccc(C)cc1)c1ccc(Br)c(F)c1. The van der Waals surface area contributed by atoms with E-state index in [-0.39, 0.29) is 11.9 Å². The van der Waals surface area contributed by atoms with Crippen molar-refractivity contribution in [2.45, 2.75) is 26.3 Å². The lowest BCUT2D eigenvalue weighted by molar-refractivity contribution is 0.583. The van der Waals surface area contributed by atoms with Gasteiger partial charge in [-0.25, -0.2) is 4.39 Å². The van der Waals surface area contributed by atoms with Crippen molar-refractivity contribution in [3.8, 4) is 0 Å². The van der Waals surface area contributed by atoms with Gasteiger partial charge >= 0.3 is 0 Å². The molecule has 0 aliphatic heterocycles. The van der Waals surface area contributed by atoms with Gasteiger partial charge in [-0.1, -0.05) is 42.8 Å². The highest BCUT2D eigenvalue weighted by atomic mass is 79.9. The van der Waals surface area contributed by atoms with E-state index in [2.05, 4.69) is 59.4 Å². The summed E-state index contributed by atoms with van der Waals surface area (Å²) < 4.78 is 14.3. The summed E-state index contributed by atoms with van der Waals surface area (Å²) in [5.74, 6) is -0.224. The molecular formula is C17H19BrFN. The molecule has 0 heterocycles. The number of benzene rings is 2. The maximum absolute atomic E-state index is 13.8. The molecule has 1 N–H and O–H groups in total. The number of nitrogens with one attached hydrogen (secondary N) is 1. The number of hydrogen-bond donors (Lipinski definition) is 1. The highest BCUT2D eigenvalue weighted by Gasteiger charge is 2.14. The van der Waals surface area contributed by atoms with E-state index in [0.717, 1.165) is 24.1 Å². The summed E-state index contributed by atoms with van der Waals surface area (Å²) >= 11 is 3.20. The Balaban J connectivity index is 2.35. The molecule has 0 fully saturated rings. The van der Waals surface area contributed by atoms with Crippen LogP contribution in [0.4, 0.5) is 4.39 Å². The van der Waals surface area contributed by atoms with Gasteiger partial charge in [0.25, 0.3) is 0 Å². The maximum atomic E-state index is 13.8. The number of aryl methyl sites for hydroxylation is 1. The molecule has 2 aromatic carbocycles. The Hall–Kier alpha value is -1.19. The van der Waals surface area contributed by atoms with E-state index in [1.165, 1.54) is 5.56 Å². The van der Waals surface area contributed by atoms with Crippen molar-refractivity contribution in [3.05, 3.63) is 69.4 Å². The lowest BCUT2D eigenvalue weighted by Crippen LogP contribution is -2.23. The Kier molecular flexibility index (Phi) is 5.32. The lowest BCUT2D eigenvalue weighted by atomic mass is 9.97. The number of rotatable bonds is 5. The maximum Gasteiger partial charge on any atom is 0.137 e. The van der Waals surface area contributed by atoms with E-state index < -0.39 is 0 Å². The first-order valence-electron chi connectivity index (χ1n) is 6.86. The summed E-state index contributed by atoms with van der Waals surface area (Å²) in [5.41, 5.74) is 3.33. The highest BCUT2D eigenvalue weighted by molar-refractivity contribution is 9.10. The minimum Gasteiger partial charge on any atom is -0.306 e. The Morgan fingerprint density at radius 1 is 1.10 bits per heavy atom. The highest BCUT2D eigenvalue weighted by Crippen LogP contribution is 2.26. The molecule has 0 radical (unpaired) electrons. The van der Waals surface area contributed by atoms with Crippen LogP contribution in [0.3, 0.4) is 0 Å². The first kappa shape index (κ1) is 15.2. The van der Waals surface area contributed by atoms with Gasteiger partial charge < -0.3 is 5.32 Å². The van der Waals surface area contributed by atoms with E-state index in [1.807, 2.05) is 6.07 Å². The van der Waals surface area contributed by atoms with Crippen molar-refractivity contribution in [3.63, 3.8) is 0 Å². The Labute approximate surface area is 128 Å². The summed E-state index contributed by atoms with van der Waals surface area (Å²) in [6.45, 7) is 5.09. The number of hydrogen-bond acceptors (Lipinski definition) is 1. The second kappa shape index (κ2) is 7.00. The smallest absolute Gasteiger partial charge is 0.137 e. The van der Waals surface area contributed by atoms with E-state index in [0.29, 0.717) is 4.47 Å². The average molecular weight is 336 g/mol. The van der Waals surface area contributed by atoms with E-state index in [1.54, 1.807) is 12.1 Å². The summed E-state index contributed by atoms with van der Waals surface area (Å²) in [6.07, 6.45) is 1.04. The molecule has 106 valence electrons. The van der Waals surface area contributed by atoms with Gasteiger partial charge in [0.05, 0.1) is 10.5 Å². The zero-order valence-corrected chi connectivity index (χ0v) is 13.4. The standard InChI is InChI=1S/C17H19BrFN/c1-3-10-20-17(13-6-4-12(2)5-7-13)14-8-9-15(18)16(19)11-14/h4-9,11,17,20H,3,10H2,1-2H3. The van der Waals surface area contributed by atoms with Gasteiger partial charge in [-0.05, 0) is 59.1 Å². The van der Waals surface area contributed by atoms with Gasteiger partial charge in [0, 0.05) is 0 Å². The molecule has 0 spiro atoms. The Morgan fingerprint density at radius 3 is 2.35 bits per heavy atom. The molecule has 0 saturated carbocycles. The second-order valence-corrected chi connectivity index (χ2v) is 5.83. The Bertz CT molecular complexity index is 566. The van der Waals surface area contributed by atoms with Gasteiger partial charge in [-0.15, -0.1) is 0 Å². The van der Waals surface area contributed by atoms with Crippen molar-refractivity contribution in [1.29, 1.82) is 0 Å². The fourth-order valence-corrected chi connectivity index (χ4v) is 2.41. The normalized spacial score (nSPS) is 12.4. The third-order valence-corrected chi connectivity index (χ3v) is 3.93. The first-order chi connectivity index (χ1) is 9.61. The molecule has 1 atom stereocenters. The van der Waals surface area contributed by atoms with Gasteiger partial charge in [-0.2, -0.15) is 0 Å². The van der Waals surface area contributed by atoms with E-state index >= 15 is 0 Å². The fraction of sp³-hybridized carbons (Fsp3) is 0.294. The van der Waals surface area contributed by atoms with Crippen LogP contribution in [0.25, 0.3) is 0 Å².